The molecule has 0 saturated heterocycles. The van der Waals surface area contributed by atoms with Gasteiger partial charge in [-0.3, -0.25) is 9.59 Å². The van der Waals surface area contributed by atoms with Gasteiger partial charge in [-0.15, -0.1) is 0 Å². The van der Waals surface area contributed by atoms with Gasteiger partial charge in [0.05, 0.1) is 18.4 Å². The molecule has 2 aromatic carbocycles. The fourth-order valence-electron chi connectivity index (χ4n) is 3.55. The van der Waals surface area contributed by atoms with Crippen LogP contribution in [0.5, 0.6) is 0 Å². The molecule has 28 heavy (non-hydrogen) atoms. The number of carbonyl (C=O) groups is 3. The largest absolute Gasteiger partial charge is 0.465 e. The minimum Gasteiger partial charge on any atom is -0.465 e. The van der Waals surface area contributed by atoms with Crippen molar-refractivity contribution in [2.75, 3.05) is 18.6 Å². The minimum absolute atomic E-state index is 0.0820. The Kier molecular flexibility index (Phi) is 4.65. The first-order valence-electron chi connectivity index (χ1n) is 8.80. The Bertz CT molecular complexity index is 1010. The number of carbonyl (C=O) groups excluding carboxylic acids is 3. The number of hydrogen-bond acceptors (Lipinski definition) is 5. The Morgan fingerprint density at radius 2 is 1.68 bits per heavy atom. The number of imide groups is 1. The summed E-state index contributed by atoms with van der Waals surface area (Å²) in [5, 5.41) is -0.0820. The average Bonchev–Trinajstić information content (AvgIpc) is 2.95. The normalized spacial score (nSPS) is 16.5. The van der Waals surface area contributed by atoms with Crippen LogP contribution in [0.3, 0.4) is 0 Å². The molecule has 0 atom stereocenters. The fraction of sp³-hybridized carbons (Fsp3) is 0.190. The molecule has 0 N–H and O–H groups in total. The van der Waals surface area contributed by atoms with Gasteiger partial charge in [0.15, 0.2) is 0 Å². The molecule has 0 aromatic heterocycles. The Morgan fingerprint density at radius 1 is 1.00 bits per heavy atom. The van der Waals surface area contributed by atoms with Crippen LogP contribution in [0, 0.1) is 0 Å². The number of amides is 2. The lowest BCUT2D eigenvalue weighted by molar-refractivity contribution is -0.121. The first-order valence-corrected chi connectivity index (χ1v) is 9.17. The van der Waals surface area contributed by atoms with Gasteiger partial charge in [0.1, 0.15) is 10.7 Å². The number of benzene rings is 2. The van der Waals surface area contributed by atoms with Gasteiger partial charge < -0.3 is 9.64 Å². The lowest BCUT2D eigenvalue weighted by Crippen LogP contribution is -2.37. The molecule has 0 fully saturated rings. The van der Waals surface area contributed by atoms with Gasteiger partial charge in [-0.25, -0.2) is 9.69 Å². The second kappa shape index (κ2) is 7.13. The number of halogens is 1. The molecule has 2 aliphatic rings. The molecule has 2 aromatic rings. The molecule has 2 aliphatic heterocycles. The van der Waals surface area contributed by atoms with Crippen LogP contribution >= 0.6 is 11.6 Å². The summed E-state index contributed by atoms with van der Waals surface area (Å²) in [4.78, 5) is 40.2. The van der Waals surface area contributed by atoms with Gasteiger partial charge in [0.25, 0.3) is 11.8 Å². The molecule has 0 spiro atoms. The number of esters is 1. The smallest absolute Gasteiger partial charge is 0.337 e. The van der Waals surface area contributed by atoms with Crippen LogP contribution < -0.4 is 4.90 Å². The molecule has 0 bridgehead atoms. The maximum Gasteiger partial charge on any atom is 0.337 e. The summed E-state index contributed by atoms with van der Waals surface area (Å²) in [5.41, 5.74) is 3.26. The van der Waals surface area contributed by atoms with Gasteiger partial charge in [-0.1, -0.05) is 35.9 Å². The highest BCUT2D eigenvalue weighted by molar-refractivity contribution is 6.52. The second-order valence-electron chi connectivity index (χ2n) is 6.59. The summed E-state index contributed by atoms with van der Waals surface area (Å²) < 4.78 is 4.66. The predicted octanol–water partition coefficient (Wildman–Crippen LogP) is 2.86. The first kappa shape index (κ1) is 18.3. The molecule has 2 amide bonds. The zero-order chi connectivity index (χ0) is 19.8. The van der Waals surface area contributed by atoms with E-state index >= 15 is 0 Å². The van der Waals surface area contributed by atoms with Gasteiger partial charge in [0.2, 0.25) is 0 Å². The molecule has 0 unspecified atom stereocenters. The Hall–Kier alpha value is -3.12. The molecule has 6 nitrogen and oxygen atoms in total. The molecule has 2 heterocycles. The number of methoxy groups -OCH3 is 1. The number of rotatable bonds is 3. The molecule has 7 heteroatoms. The van der Waals surface area contributed by atoms with E-state index in [0.29, 0.717) is 24.3 Å². The molecule has 0 aliphatic carbocycles. The highest BCUT2D eigenvalue weighted by Gasteiger charge is 2.41. The Balaban J connectivity index is 1.61. The monoisotopic (exact) mass is 396 g/mol. The van der Waals surface area contributed by atoms with E-state index in [1.165, 1.54) is 36.9 Å². The van der Waals surface area contributed by atoms with Crippen LogP contribution in [-0.4, -0.2) is 36.3 Å². The maximum absolute atomic E-state index is 13.0. The van der Waals surface area contributed by atoms with E-state index in [4.69, 9.17) is 11.6 Å². The van der Waals surface area contributed by atoms with Crippen LogP contribution in [0.1, 0.15) is 21.5 Å². The molecule has 142 valence electrons. The number of fused-ring (bicyclic) bond motifs is 1. The summed E-state index contributed by atoms with van der Waals surface area (Å²) in [6.07, 6.45) is 0.777. The van der Waals surface area contributed by atoms with Crippen molar-refractivity contribution in [3.63, 3.8) is 0 Å². The van der Waals surface area contributed by atoms with Crippen molar-refractivity contribution in [2.45, 2.75) is 13.0 Å². The van der Waals surface area contributed by atoms with E-state index in [1.807, 2.05) is 23.1 Å². The molecule has 0 saturated carbocycles. The van der Waals surface area contributed by atoms with Gasteiger partial charge in [-0.05, 0) is 41.8 Å². The molecule has 0 radical (unpaired) electrons. The van der Waals surface area contributed by atoms with Crippen molar-refractivity contribution in [1.82, 2.24) is 4.90 Å². The first-order chi connectivity index (χ1) is 13.5. The molecular weight excluding hydrogens is 380 g/mol. The lowest BCUT2D eigenvalue weighted by Gasteiger charge is -2.31. The predicted molar refractivity (Wildman–Crippen MR) is 104 cm³/mol. The zero-order valence-electron chi connectivity index (χ0n) is 15.1. The fourth-order valence-corrected chi connectivity index (χ4v) is 3.84. The molecular formula is C21H17ClN2O4. The molecule has 4 rings (SSSR count). The third-order valence-corrected chi connectivity index (χ3v) is 5.34. The number of hydrogen-bond donors (Lipinski definition) is 0. The van der Waals surface area contributed by atoms with E-state index in [2.05, 4.69) is 10.8 Å². The topological polar surface area (TPSA) is 66.9 Å². The van der Waals surface area contributed by atoms with Gasteiger partial charge in [-0.2, -0.15) is 0 Å². The SMILES string of the molecule is COC(=O)c1ccc(N2C(=O)C(Cl)=C(N3CCc4ccccc4C3)C2=O)cc1. The highest BCUT2D eigenvalue weighted by atomic mass is 35.5. The standard InChI is InChI=1S/C21H17ClN2O4/c1-28-21(27)14-6-8-16(9-7-14)24-19(25)17(22)18(20(24)26)23-11-10-13-4-2-3-5-15(13)12-23/h2-9H,10-12H2,1H3. The third kappa shape index (κ3) is 2.96. The maximum atomic E-state index is 13.0. The van der Waals surface area contributed by atoms with Crippen molar-refractivity contribution >= 4 is 35.1 Å². The number of anilines is 1. The van der Waals surface area contributed by atoms with E-state index < -0.39 is 17.8 Å². The summed E-state index contributed by atoms with van der Waals surface area (Å²) in [6, 6.07) is 14.1. The van der Waals surface area contributed by atoms with Crippen molar-refractivity contribution in [3.8, 4) is 0 Å². The second-order valence-corrected chi connectivity index (χ2v) is 6.96. The number of ether oxygens (including phenoxy) is 1. The quantitative estimate of drug-likeness (QED) is 0.589. The summed E-state index contributed by atoms with van der Waals surface area (Å²) in [7, 11) is 1.29. The van der Waals surface area contributed by atoms with Crippen LogP contribution in [0.4, 0.5) is 5.69 Å². The minimum atomic E-state index is -0.564. The van der Waals surface area contributed by atoms with E-state index in [1.54, 1.807) is 0 Å². The van der Waals surface area contributed by atoms with Gasteiger partial charge >= 0.3 is 5.97 Å². The summed E-state index contributed by atoms with van der Waals surface area (Å²) in [5.74, 6) is -1.51. The summed E-state index contributed by atoms with van der Waals surface area (Å²) >= 11 is 6.28. The van der Waals surface area contributed by atoms with Crippen LogP contribution in [-0.2, 0) is 27.3 Å². The number of nitrogens with zero attached hydrogens (tertiary/aromatic N) is 2. The average molecular weight is 397 g/mol. The van der Waals surface area contributed by atoms with Crippen molar-refractivity contribution in [3.05, 3.63) is 76.0 Å². The van der Waals surface area contributed by atoms with Crippen LogP contribution in [0.15, 0.2) is 59.3 Å². The van der Waals surface area contributed by atoms with Crippen molar-refractivity contribution in [1.29, 1.82) is 0 Å². The lowest BCUT2D eigenvalue weighted by atomic mass is 9.99. The van der Waals surface area contributed by atoms with Crippen molar-refractivity contribution < 1.29 is 19.1 Å². The van der Waals surface area contributed by atoms with E-state index in [0.717, 1.165) is 16.9 Å². The van der Waals surface area contributed by atoms with E-state index in [9.17, 15) is 14.4 Å². The third-order valence-electron chi connectivity index (χ3n) is 5.00. The van der Waals surface area contributed by atoms with Crippen molar-refractivity contribution in [2.24, 2.45) is 0 Å². The Morgan fingerprint density at radius 3 is 2.36 bits per heavy atom. The Labute approximate surface area is 166 Å². The van der Waals surface area contributed by atoms with Crippen LogP contribution in [0.2, 0.25) is 0 Å². The van der Waals surface area contributed by atoms with Crippen LogP contribution in [0.25, 0.3) is 0 Å². The van der Waals surface area contributed by atoms with Gasteiger partial charge in [0, 0.05) is 13.1 Å². The highest BCUT2D eigenvalue weighted by Crippen LogP contribution is 2.33. The van der Waals surface area contributed by atoms with E-state index in [-0.39, 0.29) is 10.7 Å². The summed E-state index contributed by atoms with van der Waals surface area (Å²) in [6.45, 7) is 1.13. The zero-order valence-corrected chi connectivity index (χ0v) is 15.9.